The second-order valence-corrected chi connectivity index (χ2v) is 11.2. The van der Waals surface area contributed by atoms with Gasteiger partial charge in [-0.05, 0) is 79.8 Å². The van der Waals surface area contributed by atoms with Gasteiger partial charge in [-0.15, -0.1) is 0 Å². The predicted molar refractivity (Wildman–Crippen MR) is 151 cm³/mol. The Balaban J connectivity index is 1.61. The fourth-order valence-electron chi connectivity index (χ4n) is 6.07. The molecule has 2 fully saturated rings. The fraction of sp³-hybridized carbons (Fsp3) is 0.594. The van der Waals surface area contributed by atoms with Crippen LogP contribution in [0.15, 0.2) is 30.3 Å². The summed E-state index contributed by atoms with van der Waals surface area (Å²) in [5, 5.41) is 31.2. The fourth-order valence-corrected chi connectivity index (χ4v) is 6.07. The van der Waals surface area contributed by atoms with E-state index in [1.807, 2.05) is 12.1 Å². The van der Waals surface area contributed by atoms with Crippen LogP contribution in [0.4, 0.5) is 0 Å². The van der Waals surface area contributed by atoms with E-state index in [4.69, 9.17) is 18.9 Å². The van der Waals surface area contributed by atoms with E-state index in [9.17, 15) is 20.1 Å². The molecular formula is C32H44O8. The van der Waals surface area contributed by atoms with Crippen molar-refractivity contribution in [2.45, 2.75) is 109 Å². The molecule has 1 saturated carbocycles. The normalized spacial score (nSPS) is 22.1. The number of esters is 1. The maximum absolute atomic E-state index is 12.0. The number of rotatable bonds is 12. The van der Waals surface area contributed by atoms with Crippen molar-refractivity contribution in [3.63, 3.8) is 0 Å². The molecule has 0 bridgehead atoms. The number of benzene rings is 2. The van der Waals surface area contributed by atoms with E-state index >= 15 is 0 Å². The highest BCUT2D eigenvalue weighted by Crippen LogP contribution is 2.44. The molecule has 1 aliphatic carbocycles. The third-order valence-corrected chi connectivity index (χ3v) is 8.13. The molecular weight excluding hydrogens is 512 g/mol. The maximum Gasteiger partial charge on any atom is 0.302 e. The molecule has 40 heavy (non-hydrogen) atoms. The van der Waals surface area contributed by atoms with Crippen molar-refractivity contribution in [2.75, 3.05) is 7.11 Å². The van der Waals surface area contributed by atoms with Crippen molar-refractivity contribution in [3.8, 4) is 28.7 Å². The van der Waals surface area contributed by atoms with Gasteiger partial charge in [0.15, 0.2) is 23.0 Å². The highest BCUT2D eigenvalue weighted by atomic mass is 16.6. The number of methoxy groups -OCH3 is 1. The summed E-state index contributed by atoms with van der Waals surface area (Å²) in [6.45, 7) is 3.59. The van der Waals surface area contributed by atoms with Crippen molar-refractivity contribution in [2.24, 2.45) is 5.92 Å². The van der Waals surface area contributed by atoms with E-state index in [0.29, 0.717) is 30.6 Å². The number of ether oxygens (including phenoxy) is 4. The smallest absolute Gasteiger partial charge is 0.302 e. The summed E-state index contributed by atoms with van der Waals surface area (Å²) in [6, 6.07) is 8.68. The van der Waals surface area contributed by atoms with Gasteiger partial charge in [-0.3, -0.25) is 4.79 Å². The summed E-state index contributed by atoms with van der Waals surface area (Å²) in [7, 11) is 1.54. The highest BCUT2D eigenvalue weighted by molar-refractivity contribution is 5.66. The molecule has 2 aromatic rings. The average molecular weight is 557 g/mol. The molecule has 8 nitrogen and oxygen atoms in total. The Morgan fingerprint density at radius 3 is 2.48 bits per heavy atom. The number of phenols is 3. The first-order valence-electron chi connectivity index (χ1n) is 14.7. The van der Waals surface area contributed by atoms with Crippen molar-refractivity contribution in [1.82, 2.24) is 0 Å². The van der Waals surface area contributed by atoms with Crippen LogP contribution in [-0.4, -0.2) is 46.7 Å². The average Bonchev–Trinajstić information content (AvgIpc) is 3.44. The van der Waals surface area contributed by atoms with Crippen molar-refractivity contribution >= 4 is 5.97 Å². The summed E-state index contributed by atoms with van der Waals surface area (Å²) in [5.41, 5.74) is 1.71. The minimum absolute atomic E-state index is 0.0135. The van der Waals surface area contributed by atoms with E-state index in [2.05, 4.69) is 6.92 Å². The number of phenolic OH excluding ortho intramolecular Hbond substituents is 3. The number of hydrogen-bond donors (Lipinski definition) is 3. The van der Waals surface area contributed by atoms with Crippen LogP contribution in [0.25, 0.3) is 0 Å². The first-order chi connectivity index (χ1) is 19.3. The lowest BCUT2D eigenvalue weighted by atomic mass is 9.83. The number of hydrogen-bond acceptors (Lipinski definition) is 8. The van der Waals surface area contributed by atoms with Crippen molar-refractivity contribution in [3.05, 3.63) is 41.5 Å². The molecule has 2 aliphatic rings. The Bertz CT molecular complexity index is 1130. The minimum atomic E-state index is -0.455. The van der Waals surface area contributed by atoms with Gasteiger partial charge in [-0.25, -0.2) is 0 Å². The van der Waals surface area contributed by atoms with Gasteiger partial charge in [-0.2, -0.15) is 0 Å². The van der Waals surface area contributed by atoms with Crippen molar-refractivity contribution in [1.29, 1.82) is 0 Å². The Labute approximate surface area is 237 Å². The summed E-state index contributed by atoms with van der Waals surface area (Å²) in [6.07, 6.45) is 8.89. The lowest BCUT2D eigenvalue weighted by Crippen LogP contribution is -2.39. The molecule has 4 unspecified atom stereocenters. The van der Waals surface area contributed by atoms with Crippen LogP contribution in [0.1, 0.15) is 95.3 Å². The van der Waals surface area contributed by atoms with Crippen LogP contribution in [0, 0.1) is 5.92 Å². The lowest BCUT2D eigenvalue weighted by Gasteiger charge is -2.39. The van der Waals surface area contributed by atoms with Gasteiger partial charge >= 0.3 is 5.97 Å². The number of carbonyl (C=O) groups excluding carboxylic acids is 1. The molecule has 8 heteroatoms. The van der Waals surface area contributed by atoms with E-state index in [1.54, 1.807) is 12.1 Å². The largest absolute Gasteiger partial charge is 0.504 e. The van der Waals surface area contributed by atoms with Gasteiger partial charge in [0.1, 0.15) is 6.10 Å². The zero-order valence-corrected chi connectivity index (χ0v) is 23.9. The summed E-state index contributed by atoms with van der Waals surface area (Å²) in [5.74, 6) is 0.0528. The molecule has 0 amide bonds. The van der Waals surface area contributed by atoms with Crippen LogP contribution in [0.3, 0.4) is 0 Å². The molecule has 0 spiro atoms. The molecule has 3 N–H and O–H groups in total. The van der Waals surface area contributed by atoms with E-state index < -0.39 is 6.10 Å². The minimum Gasteiger partial charge on any atom is -0.504 e. The molecule has 1 saturated heterocycles. The summed E-state index contributed by atoms with van der Waals surface area (Å²) >= 11 is 0. The molecule has 4 rings (SSSR count). The standard InChI is InChI=1S/C32H44O8/c1-4-5-6-9-22(14-21-12-13-26(34)30(15-21)37-3)28-18-25(38-20(2)33)19-29(40-28)23-16-27(35)32(36)31(17-23)39-24-10-7-8-11-24/h12-13,15-17,22,24-25,28-29,34-36H,4-11,14,18-19H2,1-3H3. The third kappa shape index (κ3) is 7.74. The zero-order valence-electron chi connectivity index (χ0n) is 23.9. The van der Waals surface area contributed by atoms with E-state index in [0.717, 1.165) is 56.9 Å². The quantitative estimate of drug-likeness (QED) is 0.150. The van der Waals surface area contributed by atoms with Crippen molar-refractivity contribution < 1.29 is 39.1 Å². The second kappa shape index (κ2) is 14.0. The van der Waals surface area contributed by atoms with Gasteiger partial charge in [0.05, 0.1) is 25.4 Å². The van der Waals surface area contributed by atoms with E-state index in [-0.39, 0.29) is 53.2 Å². The molecule has 0 radical (unpaired) electrons. The van der Waals surface area contributed by atoms with Gasteiger partial charge < -0.3 is 34.3 Å². The molecule has 4 atom stereocenters. The van der Waals surface area contributed by atoms with Gasteiger partial charge in [0.25, 0.3) is 0 Å². The first kappa shape index (κ1) is 29.8. The summed E-state index contributed by atoms with van der Waals surface area (Å²) in [4.78, 5) is 12.0. The zero-order chi connectivity index (χ0) is 28.6. The first-order valence-corrected chi connectivity index (χ1v) is 14.7. The molecule has 220 valence electrons. The number of aromatic hydroxyl groups is 3. The number of carbonyl (C=O) groups is 1. The Hall–Kier alpha value is -3.13. The predicted octanol–water partition coefficient (Wildman–Crippen LogP) is 6.72. The number of unbranched alkanes of at least 4 members (excludes halogenated alkanes) is 2. The summed E-state index contributed by atoms with van der Waals surface area (Å²) < 4.78 is 23.9. The Kier molecular flexibility index (Phi) is 10.4. The Morgan fingerprint density at radius 2 is 1.77 bits per heavy atom. The Morgan fingerprint density at radius 1 is 1.00 bits per heavy atom. The molecule has 1 aliphatic heterocycles. The monoisotopic (exact) mass is 556 g/mol. The molecule has 2 aromatic carbocycles. The van der Waals surface area contributed by atoms with Crippen LogP contribution in [-0.2, 0) is 20.7 Å². The van der Waals surface area contributed by atoms with Crippen LogP contribution >= 0.6 is 0 Å². The maximum atomic E-state index is 12.0. The van der Waals surface area contributed by atoms with Crippen LogP contribution in [0.5, 0.6) is 28.7 Å². The topological polar surface area (TPSA) is 115 Å². The van der Waals surface area contributed by atoms with E-state index in [1.165, 1.54) is 20.1 Å². The third-order valence-electron chi connectivity index (χ3n) is 8.13. The van der Waals surface area contributed by atoms with Crippen LogP contribution < -0.4 is 9.47 Å². The SMILES string of the molecule is CCCCCC(Cc1ccc(O)c(OC)c1)C1CC(OC(C)=O)CC(c2cc(O)c(O)c(OC3CCCC3)c2)O1. The van der Waals surface area contributed by atoms with Gasteiger partial charge in [-0.1, -0.05) is 32.3 Å². The lowest BCUT2D eigenvalue weighted by molar-refractivity contribution is -0.165. The second-order valence-electron chi connectivity index (χ2n) is 11.2. The van der Waals surface area contributed by atoms with Gasteiger partial charge in [0.2, 0.25) is 5.75 Å². The van der Waals surface area contributed by atoms with Crippen LogP contribution in [0.2, 0.25) is 0 Å². The molecule has 0 aromatic heterocycles. The highest BCUT2D eigenvalue weighted by Gasteiger charge is 2.37. The molecule has 1 heterocycles. The van der Waals surface area contributed by atoms with Gasteiger partial charge in [0, 0.05) is 19.8 Å².